The van der Waals surface area contributed by atoms with Gasteiger partial charge in [-0.1, -0.05) is 6.92 Å². The molecule has 0 saturated heterocycles. The quantitative estimate of drug-likeness (QED) is 0.669. The van der Waals surface area contributed by atoms with Crippen LogP contribution in [-0.4, -0.2) is 33.2 Å². The van der Waals surface area contributed by atoms with E-state index in [2.05, 4.69) is 10.3 Å². The Hall–Kier alpha value is -1.30. The van der Waals surface area contributed by atoms with Crippen LogP contribution in [-0.2, 0) is 10.8 Å². The second kappa shape index (κ2) is 5.55. The van der Waals surface area contributed by atoms with Gasteiger partial charge in [0, 0.05) is 40.7 Å². The molecule has 0 bridgehead atoms. The van der Waals surface area contributed by atoms with Gasteiger partial charge in [0.15, 0.2) is 0 Å². The van der Waals surface area contributed by atoms with Crippen LogP contribution in [0.3, 0.4) is 0 Å². The molecule has 6 heteroatoms. The number of nitrogens with two attached hydrogens (primary N) is 1. The third-order valence-electron chi connectivity index (χ3n) is 1.89. The summed E-state index contributed by atoms with van der Waals surface area (Å²) in [5.74, 6) is 0.879. The van der Waals surface area contributed by atoms with Crippen molar-refractivity contribution in [3.8, 4) is 0 Å². The normalized spacial score (nSPS) is 12.3. The van der Waals surface area contributed by atoms with Crippen molar-refractivity contribution < 1.29 is 9.00 Å². The Balaban J connectivity index is 2.34. The molecular formula is C9H15N3O2S. The van der Waals surface area contributed by atoms with Gasteiger partial charge in [0.2, 0.25) is 0 Å². The molecular weight excluding hydrogens is 214 g/mol. The number of hydrogen-bond donors (Lipinski definition) is 3. The van der Waals surface area contributed by atoms with Gasteiger partial charge in [0.05, 0.1) is 0 Å². The number of nitrogen functional groups attached to an aromatic ring is 1. The first-order valence-electron chi connectivity index (χ1n) is 4.70. The van der Waals surface area contributed by atoms with Gasteiger partial charge >= 0.3 is 0 Å². The maximum Gasteiger partial charge on any atom is 0.267 e. The van der Waals surface area contributed by atoms with E-state index in [4.69, 9.17) is 5.73 Å². The van der Waals surface area contributed by atoms with Gasteiger partial charge < -0.3 is 16.0 Å². The van der Waals surface area contributed by atoms with Crippen molar-refractivity contribution in [2.75, 3.05) is 23.8 Å². The monoisotopic (exact) mass is 229 g/mol. The van der Waals surface area contributed by atoms with Crippen LogP contribution in [0.4, 0.5) is 5.69 Å². The van der Waals surface area contributed by atoms with Crippen molar-refractivity contribution in [3.05, 3.63) is 18.0 Å². The molecule has 1 atom stereocenters. The van der Waals surface area contributed by atoms with E-state index in [1.54, 1.807) is 12.3 Å². The molecule has 1 rings (SSSR count). The zero-order valence-corrected chi connectivity index (χ0v) is 9.39. The minimum absolute atomic E-state index is 0.222. The second-order valence-electron chi connectivity index (χ2n) is 3.04. The topological polar surface area (TPSA) is 88.0 Å². The van der Waals surface area contributed by atoms with Crippen molar-refractivity contribution in [3.63, 3.8) is 0 Å². The van der Waals surface area contributed by atoms with Crippen molar-refractivity contribution >= 4 is 22.4 Å². The van der Waals surface area contributed by atoms with Crippen LogP contribution in [0.1, 0.15) is 17.4 Å². The predicted octanol–water partition coefficient (Wildman–Crippen LogP) is 0.0953. The first-order chi connectivity index (χ1) is 7.13. The smallest absolute Gasteiger partial charge is 0.267 e. The van der Waals surface area contributed by atoms with E-state index in [9.17, 15) is 9.00 Å². The number of carbonyl (C=O) groups is 1. The number of rotatable bonds is 5. The highest BCUT2D eigenvalue weighted by molar-refractivity contribution is 7.84. The largest absolute Gasteiger partial charge is 0.397 e. The summed E-state index contributed by atoms with van der Waals surface area (Å²) >= 11 is 0. The number of carbonyl (C=O) groups excluding carboxylic acids is 1. The number of aromatic nitrogens is 1. The molecule has 1 aromatic heterocycles. The Kier molecular flexibility index (Phi) is 4.36. The highest BCUT2D eigenvalue weighted by atomic mass is 32.2. The number of nitrogens with one attached hydrogen (secondary N) is 2. The summed E-state index contributed by atoms with van der Waals surface area (Å²) in [6.45, 7) is 2.27. The standard InChI is InChI=1S/C9H15N3O2S/c1-2-15(14)4-3-11-9(13)8-5-7(10)6-12-8/h5-6,12H,2-4,10H2,1H3,(H,11,13). The van der Waals surface area contributed by atoms with Crippen molar-refractivity contribution in [2.24, 2.45) is 0 Å². The van der Waals surface area contributed by atoms with E-state index in [1.807, 2.05) is 6.92 Å². The highest BCUT2D eigenvalue weighted by Gasteiger charge is 2.06. The van der Waals surface area contributed by atoms with Crippen molar-refractivity contribution in [2.45, 2.75) is 6.92 Å². The molecule has 15 heavy (non-hydrogen) atoms. The van der Waals surface area contributed by atoms with Crippen molar-refractivity contribution in [1.82, 2.24) is 10.3 Å². The minimum atomic E-state index is -0.844. The molecule has 0 radical (unpaired) electrons. The van der Waals surface area contributed by atoms with Crippen molar-refractivity contribution in [1.29, 1.82) is 0 Å². The first-order valence-corrected chi connectivity index (χ1v) is 6.19. The molecule has 1 heterocycles. The van der Waals surface area contributed by atoms with Gasteiger partial charge in [-0.3, -0.25) is 9.00 Å². The van der Waals surface area contributed by atoms with Crippen LogP contribution in [0.15, 0.2) is 12.3 Å². The van der Waals surface area contributed by atoms with E-state index in [1.165, 1.54) is 0 Å². The molecule has 0 fully saturated rings. The molecule has 1 aromatic rings. The highest BCUT2D eigenvalue weighted by Crippen LogP contribution is 2.03. The molecule has 0 aliphatic carbocycles. The van der Waals surface area contributed by atoms with Crippen LogP contribution in [0.5, 0.6) is 0 Å². The summed E-state index contributed by atoms with van der Waals surface area (Å²) in [5, 5.41) is 2.66. The van der Waals surface area contributed by atoms with Gasteiger partial charge in [0.25, 0.3) is 5.91 Å². The predicted molar refractivity (Wildman–Crippen MR) is 61.1 cm³/mol. The molecule has 0 spiro atoms. The first kappa shape index (κ1) is 11.8. The number of H-pyrrole nitrogens is 1. The summed E-state index contributed by atoms with van der Waals surface area (Å²) in [4.78, 5) is 14.2. The van der Waals surface area contributed by atoms with Gasteiger partial charge in [-0.25, -0.2) is 0 Å². The Morgan fingerprint density at radius 2 is 2.40 bits per heavy atom. The molecule has 0 saturated carbocycles. The summed E-state index contributed by atoms with van der Waals surface area (Å²) in [6, 6.07) is 1.56. The van der Waals surface area contributed by atoms with Gasteiger partial charge in [0.1, 0.15) is 5.69 Å². The summed E-state index contributed by atoms with van der Waals surface area (Å²) < 4.78 is 11.1. The average molecular weight is 229 g/mol. The number of aromatic amines is 1. The second-order valence-corrected chi connectivity index (χ2v) is 4.90. The number of hydrogen-bond acceptors (Lipinski definition) is 3. The average Bonchev–Trinajstić information content (AvgIpc) is 2.64. The van der Waals surface area contributed by atoms with E-state index < -0.39 is 10.8 Å². The molecule has 1 unspecified atom stereocenters. The SMILES string of the molecule is CCS(=O)CCNC(=O)c1cc(N)c[nH]1. The van der Waals surface area contributed by atoms with Crippen LogP contribution in [0.25, 0.3) is 0 Å². The van der Waals surface area contributed by atoms with Crippen LogP contribution in [0, 0.1) is 0 Å². The molecule has 0 aromatic carbocycles. The Labute approximate surface area is 90.9 Å². The Morgan fingerprint density at radius 3 is 2.93 bits per heavy atom. The van der Waals surface area contributed by atoms with E-state index >= 15 is 0 Å². The molecule has 5 nitrogen and oxygen atoms in total. The maximum absolute atomic E-state index is 11.4. The summed E-state index contributed by atoms with van der Waals surface area (Å²) in [5.41, 5.74) is 6.41. The zero-order chi connectivity index (χ0) is 11.3. The maximum atomic E-state index is 11.4. The fourth-order valence-corrected chi connectivity index (χ4v) is 1.68. The Bertz CT molecular complexity index is 362. The lowest BCUT2D eigenvalue weighted by Gasteiger charge is -2.02. The lowest BCUT2D eigenvalue weighted by molar-refractivity contribution is 0.0952. The Morgan fingerprint density at radius 1 is 1.67 bits per heavy atom. The lowest BCUT2D eigenvalue weighted by atomic mass is 10.4. The van der Waals surface area contributed by atoms with E-state index in [0.29, 0.717) is 29.4 Å². The summed E-state index contributed by atoms with van der Waals surface area (Å²) in [6.07, 6.45) is 1.55. The van der Waals surface area contributed by atoms with E-state index in [-0.39, 0.29) is 5.91 Å². The third-order valence-corrected chi connectivity index (χ3v) is 3.19. The minimum Gasteiger partial charge on any atom is -0.397 e. The molecule has 4 N–H and O–H groups in total. The third kappa shape index (κ3) is 3.75. The van der Waals surface area contributed by atoms with Crippen LogP contribution in [0.2, 0.25) is 0 Å². The fourth-order valence-electron chi connectivity index (χ4n) is 1.06. The summed E-state index contributed by atoms with van der Waals surface area (Å²) in [7, 11) is -0.844. The molecule has 0 aliphatic rings. The fraction of sp³-hybridized carbons (Fsp3) is 0.444. The molecule has 0 aliphatic heterocycles. The number of anilines is 1. The van der Waals surface area contributed by atoms with Crippen LogP contribution < -0.4 is 11.1 Å². The van der Waals surface area contributed by atoms with Crippen LogP contribution >= 0.6 is 0 Å². The zero-order valence-electron chi connectivity index (χ0n) is 8.58. The van der Waals surface area contributed by atoms with E-state index in [0.717, 1.165) is 0 Å². The molecule has 84 valence electrons. The lowest BCUT2D eigenvalue weighted by Crippen LogP contribution is -2.28. The van der Waals surface area contributed by atoms with Gasteiger partial charge in [-0.2, -0.15) is 0 Å². The van der Waals surface area contributed by atoms with Gasteiger partial charge in [-0.15, -0.1) is 0 Å². The van der Waals surface area contributed by atoms with Gasteiger partial charge in [-0.05, 0) is 6.07 Å². The number of amides is 1. The molecule has 1 amide bonds.